The number of rotatable bonds is 9. The molecule has 1 heterocycles. The number of ether oxygens (including phenoxy) is 1. The van der Waals surface area contributed by atoms with Gasteiger partial charge in [0.25, 0.3) is 0 Å². The molecule has 1 aromatic heterocycles. The van der Waals surface area contributed by atoms with Gasteiger partial charge in [-0.2, -0.15) is 8.78 Å². The van der Waals surface area contributed by atoms with Crippen LogP contribution >= 0.6 is 0 Å². The van der Waals surface area contributed by atoms with Crippen LogP contribution in [-0.2, 0) is 4.79 Å². The van der Waals surface area contributed by atoms with Gasteiger partial charge in [-0.1, -0.05) is 24.3 Å². The van der Waals surface area contributed by atoms with Crippen molar-refractivity contribution in [2.24, 2.45) is 0 Å². The zero-order valence-corrected chi connectivity index (χ0v) is 18.8. The molecule has 4 N–H and O–H groups in total. The molecule has 184 valence electrons. The van der Waals surface area contributed by atoms with E-state index in [1.165, 1.54) is 12.1 Å². The number of nitrogens with zero attached hydrogens (tertiary/aromatic N) is 2. The van der Waals surface area contributed by atoms with E-state index in [0.717, 1.165) is 18.4 Å². The first kappa shape index (κ1) is 24.5. The lowest BCUT2D eigenvalue weighted by molar-refractivity contribution is -0.124. The number of benzene rings is 2. The van der Waals surface area contributed by atoms with Gasteiger partial charge < -0.3 is 25.6 Å². The van der Waals surface area contributed by atoms with Gasteiger partial charge in [0.15, 0.2) is 0 Å². The summed E-state index contributed by atoms with van der Waals surface area (Å²) in [5.41, 5.74) is 2.80. The molecule has 0 bridgehead atoms. The lowest BCUT2D eigenvalue weighted by Gasteiger charge is -2.21. The fraction of sp³-hybridized carbons (Fsp3) is 0.320. The number of nitrogens with one attached hydrogen (secondary N) is 2. The minimum Gasteiger partial charge on any atom is -0.435 e. The smallest absolute Gasteiger partial charge is 0.387 e. The normalized spacial score (nSPS) is 18.3. The van der Waals surface area contributed by atoms with Gasteiger partial charge >= 0.3 is 6.61 Å². The minimum absolute atomic E-state index is 0.0726. The Kier molecular flexibility index (Phi) is 7.84. The Morgan fingerprint density at radius 2 is 1.71 bits per heavy atom. The van der Waals surface area contributed by atoms with Gasteiger partial charge in [0.2, 0.25) is 11.9 Å². The summed E-state index contributed by atoms with van der Waals surface area (Å²) in [7, 11) is 0. The van der Waals surface area contributed by atoms with Gasteiger partial charge in [-0.25, -0.2) is 9.97 Å². The summed E-state index contributed by atoms with van der Waals surface area (Å²) >= 11 is 0. The first-order valence-electron chi connectivity index (χ1n) is 11.3. The van der Waals surface area contributed by atoms with E-state index >= 15 is 0 Å². The van der Waals surface area contributed by atoms with Gasteiger partial charge in [0.1, 0.15) is 5.75 Å². The molecule has 1 aliphatic rings. The van der Waals surface area contributed by atoms with Crippen molar-refractivity contribution in [1.29, 1.82) is 0 Å². The Balaban J connectivity index is 1.36. The van der Waals surface area contributed by atoms with Crippen LogP contribution in [0.4, 0.5) is 20.4 Å². The lowest BCUT2D eigenvalue weighted by Crippen LogP contribution is -2.43. The third kappa shape index (κ3) is 6.28. The Morgan fingerprint density at radius 3 is 2.29 bits per heavy atom. The van der Waals surface area contributed by atoms with Crippen molar-refractivity contribution in [3.63, 3.8) is 0 Å². The summed E-state index contributed by atoms with van der Waals surface area (Å²) in [6, 6.07) is 12.9. The second-order valence-corrected chi connectivity index (χ2v) is 8.29. The number of hydrogen-bond acceptors (Lipinski definition) is 7. The van der Waals surface area contributed by atoms with Crippen LogP contribution < -0.4 is 15.4 Å². The van der Waals surface area contributed by atoms with Crippen molar-refractivity contribution in [2.75, 3.05) is 11.9 Å². The molecule has 0 spiro atoms. The molecule has 3 atom stereocenters. The highest BCUT2D eigenvalue weighted by Gasteiger charge is 2.29. The van der Waals surface area contributed by atoms with Gasteiger partial charge in [0, 0.05) is 23.6 Å². The fourth-order valence-electron chi connectivity index (χ4n) is 4.03. The maximum absolute atomic E-state index is 12.6. The van der Waals surface area contributed by atoms with Crippen LogP contribution in [0.5, 0.6) is 5.75 Å². The SMILES string of the molecule is O=C(N[C@H]1CCC[C@H]1O)[C@@H](CO)c1ccc(Nc2ncc(-c3ccc(OC(F)F)cc3)cn2)cc1. The molecular formula is C25H26F2N4O4. The van der Waals surface area contributed by atoms with E-state index in [1.807, 2.05) is 0 Å². The first-order valence-corrected chi connectivity index (χ1v) is 11.3. The maximum Gasteiger partial charge on any atom is 0.387 e. The number of aliphatic hydroxyl groups is 2. The second kappa shape index (κ2) is 11.2. The highest BCUT2D eigenvalue weighted by atomic mass is 19.3. The summed E-state index contributed by atoms with van der Waals surface area (Å²) in [6.07, 6.45) is 4.93. The molecule has 0 unspecified atom stereocenters. The summed E-state index contributed by atoms with van der Waals surface area (Å²) < 4.78 is 28.9. The molecule has 0 saturated heterocycles. The fourth-order valence-corrected chi connectivity index (χ4v) is 4.03. The Bertz CT molecular complexity index is 1110. The minimum atomic E-state index is -2.87. The van der Waals surface area contributed by atoms with Crippen LogP contribution in [0.3, 0.4) is 0 Å². The van der Waals surface area contributed by atoms with Crippen LogP contribution in [0.25, 0.3) is 11.1 Å². The van der Waals surface area contributed by atoms with E-state index in [1.54, 1.807) is 48.8 Å². The molecule has 4 rings (SSSR count). The molecule has 1 aliphatic carbocycles. The molecule has 0 aliphatic heterocycles. The zero-order valence-electron chi connectivity index (χ0n) is 18.8. The number of amides is 1. The topological polar surface area (TPSA) is 117 Å². The van der Waals surface area contributed by atoms with E-state index in [4.69, 9.17) is 0 Å². The van der Waals surface area contributed by atoms with Crippen molar-refractivity contribution in [2.45, 2.75) is 43.9 Å². The average Bonchev–Trinajstić information content (AvgIpc) is 3.25. The molecule has 10 heteroatoms. The summed E-state index contributed by atoms with van der Waals surface area (Å²) in [4.78, 5) is 21.2. The van der Waals surface area contributed by atoms with Crippen LogP contribution in [-0.4, -0.2) is 51.5 Å². The number of halogens is 2. The Labute approximate surface area is 201 Å². The molecule has 1 fully saturated rings. The second-order valence-electron chi connectivity index (χ2n) is 8.29. The van der Waals surface area contributed by atoms with Crippen LogP contribution in [0, 0.1) is 0 Å². The van der Waals surface area contributed by atoms with Gasteiger partial charge in [-0.15, -0.1) is 0 Å². The third-order valence-corrected chi connectivity index (χ3v) is 5.94. The van der Waals surface area contributed by atoms with E-state index < -0.39 is 18.6 Å². The van der Waals surface area contributed by atoms with E-state index in [2.05, 4.69) is 25.3 Å². The number of alkyl halides is 2. The standard InChI is InChI=1S/C25H26F2N4O4/c26-24(27)35-19-10-6-15(7-11-19)17-12-28-25(29-13-17)30-18-8-4-16(5-9-18)20(14-32)23(34)31-21-2-1-3-22(21)33/h4-13,20-22,24,32-33H,1-3,14H2,(H,31,34)(H,28,29,30)/t20-,21-,22+/m0/s1. The number of carbonyl (C=O) groups excluding carboxylic acids is 1. The molecule has 35 heavy (non-hydrogen) atoms. The third-order valence-electron chi connectivity index (χ3n) is 5.94. The maximum atomic E-state index is 12.6. The molecule has 1 amide bonds. The van der Waals surface area contributed by atoms with Crippen LogP contribution in [0.15, 0.2) is 60.9 Å². The molecule has 8 nitrogen and oxygen atoms in total. The van der Waals surface area contributed by atoms with Gasteiger partial charge in [-0.3, -0.25) is 4.79 Å². The monoisotopic (exact) mass is 484 g/mol. The number of aliphatic hydroxyl groups excluding tert-OH is 2. The number of aromatic nitrogens is 2. The van der Waals surface area contributed by atoms with Gasteiger partial charge in [-0.05, 0) is 54.7 Å². The van der Waals surface area contributed by atoms with Crippen molar-refractivity contribution >= 4 is 17.5 Å². The van der Waals surface area contributed by atoms with Crippen molar-refractivity contribution in [3.05, 3.63) is 66.5 Å². The largest absolute Gasteiger partial charge is 0.435 e. The quantitative estimate of drug-likeness (QED) is 0.367. The number of anilines is 2. The highest BCUT2D eigenvalue weighted by molar-refractivity contribution is 5.84. The van der Waals surface area contributed by atoms with E-state index in [-0.39, 0.29) is 24.3 Å². The lowest BCUT2D eigenvalue weighted by atomic mass is 9.98. The molecule has 1 saturated carbocycles. The molecular weight excluding hydrogens is 458 g/mol. The highest BCUT2D eigenvalue weighted by Crippen LogP contribution is 2.25. The summed E-state index contributed by atoms with van der Waals surface area (Å²) in [5, 5.41) is 25.6. The summed E-state index contributed by atoms with van der Waals surface area (Å²) in [6.45, 7) is -3.22. The first-order chi connectivity index (χ1) is 16.9. The molecule has 3 aromatic rings. The predicted octanol–water partition coefficient (Wildman–Crippen LogP) is 3.59. The number of carbonyl (C=O) groups is 1. The zero-order chi connectivity index (χ0) is 24.8. The number of hydrogen-bond donors (Lipinski definition) is 4. The van der Waals surface area contributed by atoms with Gasteiger partial charge in [0.05, 0.1) is 24.7 Å². The molecule has 0 radical (unpaired) electrons. The van der Waals surface area contributed by atoms with E-state index in [0.29, 0.717) is 29.2 Å². The molecule has 2 aromatic carbocycles. The van der Waals surface area contributed by atoms with Crippen molar-refractivity contribution in [3.8, 4) is 16.9 Å². The Hall–Kier alpha value is -3.63. The van der Waals surface area contributed by atoms with E-state index in [9.17, 15) is 23.8 Å². The average molecular weight is 485 g/mol. The van der Waals surface area contributed by atoms with Crippen LogP contribution in [0.2, 0.25) is 0 Å². The van der Waals surface area contributed by atoms with Crippen LogP contribution in [0.1, 0.15) is 30.7 Å². The predicted molar refractivity (Wildman–Crippen MR) is 125 cm³/mol. The summed E-state index contributed by atoms with van der Waals surface area (Å²) in [5.74, 6) is -0.619. The van der Waals surface area contributed by atoms with Crippen molar-refractivity contribution < 1.29 is 28.5 Å². The Morgan fingerprint density at radius 1 is 1.03 bits per heavy atom. The van der Waals surface area contributed by atoms with Crippen molar-refractivity contribution in [1.82, 2.24) is 15.3 Å².